The van der Waals surface area contributed by atoms with E-state index in [0.717, 1.165) is 22.6 Å². The standard InChI is InChI=1S/C22H20N8O3/c1-29-20(13-32-18-8-4-7-17(10-18)31-2)19(11-24-29)22-26-21(27-33-22)16-6-3-5-15(9-16)12-30-25-14-23-28-30/h3-11,14H,12-13H2,1-2H3. The van der Waals surface area contributed by atoms with Gasteiger partial charge in [-0.2, -0.15) is 14.9 Å². The molecular weight excluding hydrogens is 424 g/mol. The maximum atomic E-state index is 5.94. The lowest BCUT2D eigenvalue weighted by Gasteiger charge is -2.09. The van der Waals surface area contributed by atoms with Crippen molar-refractivity contribution < 1.29 is 14.0 Å². The monoisotopic (exact) mass is 444 g/mol. The van der Waals surface area contributed by atoms with Crippen LogP contribution in [0.4, 0.5) is 0 Å². The Hall–Kier alpha value is -4.54. The van der Waals surface area contributed by atoms with Gasteiger partial charge in [0.25, 0.3) is 5.89 Å². The molecule has 33 heavy (non-hydrogen) atoms. The van der Waals surface area contributed by atoms with Crippen LogP contribution in [0.1, 0.15) is 11.3 Å². The third kappa shape index (κ3) is 4.42. The first-order valence-corrected chi connectivity index (χ1v) is 10.1. The minimum absolute atomic E-state index is 0.275. The van der Waals surface area contributed by atoms with E-state index >= 15 is 0 Å². The molecule has 0 amide bonds. The van der Waals surface area contributed by atoms with E-state index in [2.05, 4.69) is 30.7 Å². The van der Waals surface area contributed by atoms with Crippen molar-refractivity contribution in [3.8, 4) is 34.3 Å². The Bertz CT molecular complexity index is 1360. The number of rotatable bonds is 8. The topological polar surface area (TPSA) is 119 Å². The van der Waals surface area contributed by atoms with Gasteiger partial charge in [-0.3, -0.25) is 4.68 Å². The molecule has 0 fully saturated rings. The van der Waals surface area contributed by atoms with E-state index in [9.17, 15) is 0 Å². The number of hydrogen-bond acceptors (Lipinski definition) is 9. The van der Waals surface area contributed by atoms with Crippen LogP contribution in [0.15, 0.2) is 65.6 Å². The number of nitrogens with zero attached hydrogens (tertiary/aromatic N) is 8. The lowest BCUT2D eigenvalue weighted by atomic mass is 10.1. The van der Waals surface area contributed by atoms with Crippen molar-refractivity contribution in [3.63, 3.8) is 0 Å². The molecule has 11 heteroatoms. The van der Waals surface area contributed by atoms with Crippen molar-refractivity contribution in [2.75, 3.05) is 7.11 Å². The summed E-state index contributed by atoms with van der Waals surface area (Å²) in [7, 11) is 3.46. The van der Waals surface area contributed by atoms with E-state index in [-0.39, 0.29) is 6.61 Å². The SMILES string of the molecule is COc1cccc(OCc2c(-c3nc(-c4cccc(Cn5ncnn5)c4)no3)cnn2C)c1. The third-order valence-corrected chi connectivity index (χ3v) is 5.04. The van der Waals surface area contributed by atoms with Crippen LogP contribution < -0.4 is 9.47 Å². The van der Waals surface area contributed by atoms with Gasteiger partial charge in [-0.05, 0) is 29.0 Å². The predicted molar refractivity (Wildman–Crippen MR) is 116 cm³/mol. The van der Waals surface area contributed by atoms with Crippen molar-refractivity contribution in [3.05, 3.63) is 72.3 Å². The zero-order chi connectivity index (χ0) is 22.6. The number of methoxy groups -OCH3 is 1. The van der Waals surface area contributed by atoms with Gasteiger partial charge in [-0.15, -0.1) is 10.2 Å². The number of aromatic nitrogens is 8. The molecule has 5 rings (SSSR count). The number of ether oxygens (including phenoxy) is 2. The van der Waals surface area contributed by atoms with Gasteiger partial charge in [0.1, 0.15) is 18.1 Å². The molecular formula is C22H20N8O3. The van der Waals surface area contributed by atoms with E-state index in [4.69, 9.17) is 14.0 Å². The summed E-state index contributed by atoms with van der Waals surface area (Å²) < 4.78 is 18.5. The van der Waals surface area contributed by atoms with E-state index in [0.29, 0.717) is 29.6 Å². The lowest BCUT2D eigenvalue weighted by Crippen LogP contribution is -2.04. The summed E-state index contributed by atoms with van der Waals surface area (Å²) in [4.78, 5) is 6.09. The van der Waals surface area contributed by atoms with Crippen LogP contribution >= 0.6 is 0 Å². The molecule has 0 radical (unpaired) electrons. The molecule has 0 N–H and O–H groups in total. The second kappa shape index (κ2) is 8.91. The first-order chi connectivity index (χ1) is 16.2. The molecule has 0 unspecified atom stereocenters. The molecule has 0 saturated carbocycles. The summed E-state index contributed by atoms with van der Waals surface area (Å²) in [5.41, 5.74) is 3.33. The Kier molecular flexibility index (Phi) is 5.50. The fourth-order valence-electron chi connectivity index (χ4n) is 3.34. The molecule has 11 nitrogen and oxygen atoms in total. The van der Waals surface area contributed by atoms with Gasteiger partial charge in [-0.1, -0.05) is 29.4 Å². The van der Waals surface area contributed by atoms with Crippen LogP contribution in [0.2, 0.25) is 0 Å². The summed E-state index contributed by atoms with van der Waals surface area (Å²) >= 11 is 0. The number of benzene rings is 2. The van der Waals surface area contributed by atoms with Gasteiger partial charge in [0.05, 0.1) is 31.1 Å². The maximum absolute atomic E-state index is 5.94. The molecule has 0 atom stereocenters. The fourth-order valence-corrected chi connectivity index (χ4v) is 3.34. The lowest BCUT2D eigenvalue weighted by molar-refractivity contribution is 0.292. The van der Waals surface area contributed by atoms with E-state index in [1.807, 2.05) is 55.6 Å². The summed E-state index contributed by atoms with van der Waals surface area (Å²) in [5, 5.41) is 20.2. The van der Waals surface area contributed by atoms with Crippen molar-refractivity contribution >= 4 is 0 Å². The predicted octanol–water partition coefficient (Wildman–Crippen LogP) is 2.76. The van der Waals surface area contributed by atoms with Crippen molar-refractivity contribution in [1.29, 1.82) is 0 Å². The van der Waals surface area contributed by atoms with E-state index in [1.54, 1.807) is 18.0 Å². The molecule has 2 aromatic carbocycles. The van der Waals surface area contributed by atoms with Gasteiger partial charge in [0.2, 0.25) is 5.82 Å². The maximum Gasteiger partial charge on any atom is 0.261 e. The minimum Gasteiger partial charge on any atom is -0.497 e. The molecule has 3 heterocycles. The molecule has 0 aliphatic carbocycles. The Labute approximate surface area is 188 Å². The van der Waals surface area contributed by atoms with Crippen LogP contribution in [-0.4, -0.2) is 47.2 Å². The van der Waals surface area contributed by atoms with Gasteiger partial charge in [0.15, 0.2) is 6.33 Å². The second-order valence-electron chi connectivity index (χ2n) is 7.19. The minimum atomic E-state index is 0.275. The Morgan fingerprint density at radius 2 is 1.91 bits per heavy atom. The molecule has 3 aromatic heterocycles. The Balaban J connectivity index is 1.36. The van der Waals surface area contributed by atoms with Crippen molar-refractivity contribution in [2.24, 2.45) is 7.05 Å². The molecule has 0 aliphatic rings. The first kappa shape index (κ1) is 20.4. The van der Waals surface area contributed by atoms with Crippen LogP contribution in [-0.2, 0) is 20.2 Å². The number of tetrazole rings is 1. The quantitative estimate of drug-likeness (QED) is 0.356. The molecule has 0 aliphatic heterocycles. The van der Waals surface area contributed by atoms with E-state index in [1.165, 1.54) is 11.1 Å². The van der Waals surface area contributed by atoms with Crippen LogP contribution in [0, 0.1) is 0 Å². The molecule has 166 valence electrons. The highest BCUT2D eigenvalue weighted by molar-refractivity contribution is 5.61. The largest absolute Gasteiger partial charge is 0.497 e. The average Bonchev–Trinajstić information content (AvgIpc) is 3.60. The third-order valence-electron chi connectivity index (χ3n) is 5.04. The molecule has 0 saturated heterocycles. The molecule has 0 spiro atoms. The zero-order valence-electron chi connectivity index (χ0n) is 18.0. The highest BCUT2D eigenvalue weighted by Crippen LogP contribution is 2.27. The summed E-state index contributed by atoms with van der Waals surface area (Å²) in [6.07, 6.45) is 3.09. The van der Waals surface area contributed by atoms with Crippen LogP contribution in [0.3, 0.4) is 0 Å². The number of hydrogen-bond donors (Lipinski definition) is 0. The van der Waals surface area contributed by atoms with Gasteiger partial charge < -0.3 is 14.0 Å². The van der Waals surface area contributed by atoms with Gasteiger partial charge in [0, 0.05) is 18.7 Å². The summed E-state index contributed by atoms with van der Waals surface area (Å²) in [6.45, 7) is 0.768. The Morgan fingerprint density at radius 1 is 1.03 bits per heavy atom. The first-order valence-electron chi connectivity index (χ1n) is 10.1. The van der Waals surface area contributed by atoms with Crippen molar-refractivity contribution in [2.45, 2.75) is 13.2 Å². The summed E-state index contributed by atoms with van der Waals surface area (Å²) in [6, 6.07) is 15.2. The smallest absolute Gasteiger partial charge is 0.261 e. The summed E-state index contributed by atoms with van der Waals surface area (Å²) in [5.74, 6) is 2.25. The van der Waals surface area contributed by atoms with Crippen molar-refractivity contribution in [1.82, 2.24) is 40.1 Å². The zero-order valence-corrected chi connectivity index (χ0v) is 18.0. The average molecular weight is 444 g/mol. The molecule has 0 bridgehead atoms. The fraction of sp³-hybridized carbons (Fsp3) is 0.182. The van der Waals surface area contributed by atoms with Gasteiger partial charge >= 0.3 is 0 Å². The van der Waals surface area contributed by atoms with Gasteiger partial charge in [-0.25, -0.2) is 0 Å². The van der Waals surface area contributed by atoms with Crippen LogP contribution in [0.25, 0.3) is 22.8 Å². The Morgan fingerprint density at radius 3 is 2.76 bits per heavy atom. The normalized spacial score (nSPS) is 11.0. The van der Waals surface area contributed by atoms with Crippen LogP contribution in [0.5, 0.6) is 11.5 Å². The number of aryl methyl sites for hydroxylation is 1. The second-order valence-corrected chi connectivity index (χ2v) is 7.19. The highest BCUT2D eigenvalue weighted by atomic mass is 16.5. The highest BCUT2D eigenvalue weighted by Gasteiger charge is 2.18. The molecule has 5 aromatic rings. The van der Waals surface area contributed by atoms with E-state index < -0.39 is 0 Å².